The van der Waals surface area contributed by atoms with Gasteiger partial charge in [0.15, 0.2) is 0 Å². The summed E-state index contributed by atoms with van der Waals surface area (Å²) in [5, 5.41) is 9.81. The second kappa shape index (κ2) is 7.40. The molecule has 1 amide bonds. The van der Waals surface area contributed by atoms with Gasteiger partial charge in [-0.25, -0.2) is 8.78 Å². The van der Waals surface area contributed by atoms with Gasteiger partial charge in [0.2, 0.25) is 5.91 Å². The van der Waals surface area contributed by atoms with E-state index in [9.17, 15) is 18.7 Å². The van der Waals surface area contributed by atoms with Crippen LogP contribution in [0.1, 0.15) is 76.3 Å². The molecular weight excluding hydrogens is 360 g/mol. The Balaban J connectivity index is 1.20. The van der Waals surface area contributed by atoms with Crippen molar-refractivity contribution in [2.45, 2.75) is 83.0 Å². The van der Waals surface area contributed by atoms with E-state index >= 15 is 0 Å². The zero-order valence-corrected chi connectivity index (χ0v) is 16.7. The molecule has 5 rings (SSSR count). The summed E-state index contributed by atoms with van der Waals surface area (Å²) < 4.78 is 27.5. The fourth-order valence-electron chi connectivity index (χ4n) is 5.98. The van der Waals surface area contributed by atoms with E-state index in [2.05, 4.69) is 0 Å². The fourth-order valence-corrected chi connectivity index (χ4v) is 5.98. The molecule has 4 aliphatic rings. The van der Waals surface area contributed by atoms with Crippen molar-refractivity contribution in [1.82, 2.24) is 4.90 Å². The molecule has 1 N–H and O–H groups in total. The van der Waals surface area contributed by atoms with Crippen LogP contribution in [0.25, 0.3) is 0 Å². The number of benzene rings is 1. The molecule has 1 aromatic rings. The third-order valence-corrected chi connectivity index (χ3v) is 7.47. The predicted molar refractivity (Wildman–Crippen MR) is 104 cm³/mol. The van der Waals surface area contributed by atoms with Crippen LogP contribution in [0, 0.1) is 16.6 Å². The van der Waals surface area contributed by atoms with Gasteiger partial charge >= 0.3 is 0 Å². The number of carbonyl (C=O) groups is 1. The zero-order chi connectivity index (χ0) is 19.9. The highest BCUT2D eigenvalue weighted by atomic mass is 19.1. The van der Waals surface area contributed by atoms with Crippen molar-refractivity contribution in [2.75, 3.05) is 6.54 Å². The summed E-state index contributed by atoms with van der Waals surface area (Å²) in [7, 11) is 0. The summed E-state index contributed by atoms with van der Waals surface area (Å²) in [6.45, 7) is 2.02. The maximum Gasteiger partial charge on any atom is 0.223 e. The van der Waals surface area contributed by atoms with Gasteiger partial charge in [0, 0.05) is 12.8 Å². The molecule has 3 nitrogen and oxygen atoms in total. The Morgan fingerprint density at radius 3 is 2.71 bits per heavy atom. The van der Waals surface area contributed by atoms with Crippen LogP contribution >= 0.6 is 0 Å². The van der Waals surface area contributed by atoms with E-state index in [0.717, 1.165) is 38.5 Å². The number of halogens is 2. The number of hydrogen-bond donors (Lipinski definition) is 1. The smallest absolute Gasteiger partial charge is 0.223 e. The lowest BCUT2D eigenvalue weighted by Gasteiger charge is -2.72. The number of hydrogen-bond acceptors (Lipinski definition) is 2. The summed E-state index contributed by atoms with van der Waals surface area (Å²) in [5.74, 6) is -0.369. The van der Waals surface area contributed by atoms with Crippen LogP contribution in [0.3, 0.4) is 0 Å². The first kappa shape index (κ1) is 19.8. The zero-order valence-electron chi connectivity index (χ0n) is 16.7. The number of likely N-dealkylation sites (tertiary alicyclic amines) is 1. The Labute approximate surface area is 166 Å². The summed E-state index contributed by atoms with van der Waals surface area (Å²) >= 11 is 0. The summed E-state index contributed by atoms with van der Waals surface area (Å²) in [6.07, 6.45) is 7.09. The van der Waals surface area contributed by atoms with E-state index in [1.165, 1.54) is 18.6 Å². The fraction of sp³-hybridized carbons (Fsp3) is 0.696. The van der Waals surface area contributed by atoms with Crippen LogP contribution in [0.5, 0.6) is 0 Å². The number of amides is 1. The maximum atomic E-state index is 14.0. The average Bonchev–Trinajstić information content (AvgIpc) is 2.96. The van der Waals surface area contributed by atoms with Crippen LogP contribution in [0.15, 0.2) is 24.3 Å². The number of aliphatic hydroxyl groups excluding tert-OH is 1. The highest BCUT2D eigenvalue weighted by molar-refractivity contribution is 5.77. The van der Waals surface area contributed by atoms with Crippen molar-refractivity contribution in [3.05, 3.63) is 35.6 Å². The molecule has 3 saturated carbocycles. The van der Waals surface area contributed by atoms with Gasteiger partial charge in [-0.05, 0) is 67.6 Å². The van der Waals surface area contributed by atoms with Gasteiger partial charge in [0.05, 0.1) is 18.7 Å². The molecule has 3 unspecified atom stereocenters. The molecule has 1 aliphatic heterocycles. The third-order valence-electron chi connectivity index (χ3n) is 7.47. The second-order valence-electron chi connectivity index (χ2n) is 9.58. The molecule has 0 spiro atoms. The molecule has 2 bridgehead atoms. The van der Waals surface area contributed by atoms with Crippen LogP contribution in [-0.2, 0) is 4.79 Å². The first-order chi connectivity index (χ1) is 13.3. The molecule has 3 aliphatic carbocycles. The molecule has 0 radical (unpaired) electrons. The maximum absolute atomic E-state index is 14.0. The third kappa shape index (κ3) is 3.58. The summed E-state index contributed by atoms with van der Waals surface area (Å²) in [5.41, 5.74) is 1.38. The second-order valence-corrected chi connectivity index (χ2v) is 9.58. The number of aliphatic hydroxyl groups is 1. The number of alkyl halides is 1. The van der Waals surface area contributed by atoms with Crippen molar-refractivity contribution in [2.24, 2.45) is 10.8 Å². The van der Waals surface area contributed by atoms with Crippen molar-refractivity contribution in [3.63, 3.8) is 0 Å². The van der Waals surface area contributed by atoms with Gasteiger partial charge in [0.1, 0.15) is 12.0 Å². The minimum Gasteiger partial charge on any atom is -0.393 e. The van der Waals surface area contributed by atoms with E-state index in [4.69, 9.17) is 0 Å². The lowest BCUT2D eigenvalue weighted by molar-refractivity contribution is -0.253. The number of unbranched alkanes of at least 4 members (excludes halogenated alkanes) is 2. The van der Waals surface area contributed by atoms with E-state index < -0.39 is 6.17 Å². The summed E-state index contributed by atoms with van der Waals surface area (Å²) in [6, 6.07) is 5.82. The first-order valence-corrected chi connectivity index (χ1v) is 10.7. The molecule has 0 aromatic heterocycles. The van der Waals surface area contributed by atoms with E-state index in [1.807, 2.05) is 6.92 Å². The van der Waals surface area contributed by atoms with Gasteiger partial charge in [-0.1, -0.05) is 25.0 Å². The molecular formula is C23H31F2NO2. The molecule has 1 aromatic carbocycles. The minimum absolute atomic E-state index is 0.0204. The van der Waals surface area contributed by atoms with E-state index in [0.29, 0.717) is 17.4 Å². The van der Waals surface area contributed by atoms with Crippen molar-refractivity contribution in [3.8, 4) is 0 Å². The Kier molecular flexibility index (Phi) is 5.24. The molecule has 1 saturated heterocycles. The lowest BCUT2D eigenvalue weighted by Crippen LogP contribution is -2.65. The topological polar surface area (TPSA) is 40.5 Å². The van der Waals surface area contributed by atoms with Gasteiger partial charge < -0.3 is 10.0 Å². The highest BCUT2D eigenvalue weighted by Gasteiger charge is 2.68. The monoisotopic (exact) mass is 391 g/mol. The largest absolute Gasteiger partial charge is 0.393 e. The normalized spacial score (nSPS) is 34.6. The van der Waals surface area contributed by atoms with Gasteiger partial charge in [-0.15, -0.1) is 0 Å². The average molecular weight is 392 g/mol. The van der Waals surface area contributed by atoms with Crippen LogP contribution in [0.4, 0.5) is 8.78 Å². The SMILES string of the molecule is CC(O)C12CC(CCCCCC(=O)N3CC(F)CC3c3cccc(F)c3)(C1)C2. The molecule has 154 valence electrons. The van der Waals surface area contributed by atoms with Gasteiger partial charge in [-0.2, -0.15) is 0 Å². The molecule has 5 heteroatoms. The number of carbonyl (C=O) groups excluding carboxylic acids is 1. The molecule has 3 atom stereocenters. The minimum atomic E-state index is -1.04. The number of rotatable bonds is 8. The van der Waals surface area contributed by atoms with Crippen LogP contribution in [0.2, 0.25) is 0 Å². The first-order valence-electron chi connectivity index (χ1n) is 10.7. The van der Waals surface area contributed by atoms with Gasteiger partial charge in [-0.3, -0.25) is 4.79 Å². The predicted octanol–water partition coefficient (Wildman–Crippen LogP) is 4.94. The lowest BCUT2D eigenvalue weighted by atomic mass is 9.33. The Bertz CT molecular complexity index is 715. The number of nitrogens with zero attached hydrogens (tertiary/aromatic N) is 1. The Hall–Kier alpha value is -1.49. The van der Waals surface area contributed by atoms with Crippen molar-refractivity contribution >= 4 is 5.91 Å². The van der Waals surface area contributed by atoms with E-state index in [-0.39, 0.29) is 42.3 Å². The van der Waals surface area contributed by atoms with E-state index in [1.54, 1.807) is 17.0 Å². The Morgan fingerprint density at radius 1 is 1.29 bits per heavy atom. The summed E-state index contributed by atoms with van der Waals surface area (Å²) in [4.78, 5) is 14.3. The Morgan fingerprint density at radius 2 is 2.04 bits per heavy atom. The van der Waals surface area contributed by atoms with Crippen LogP contribution < -0.4 is 0 Å². The van der Waals surface area contributed by atoms with Crippen LogP contribution in [-0.4, -0.2) is 34.7 Å². The molecule has 4 fully saturated rings. The standard InChI is InChI=1S/C23H31F2NO2/c1-16(27)23-13-22(14-23,15-23)9-4-2-3-8-21(28)26-12-19(25)11-20(26)17-6-5-7-18(24)10-17/h5-7,10,16,19-20,27H,2-4,8-9,11-15H2,1H3. The van der Waals surface area contributed by atoms with Crippen molar-refractivity contribution in [1.29, 1.82) is 0 Å². The molecule has 1 heterocycles. The highest BCUT2D eigenvalue weighted by Crippen LogP contribution is 2.76. The van der Waals surface area contributed by atoms with Crippen molar-refractivity contribution < 1.29 is 18.7 Å². The van der Waals surface area contributed by atoms with Gasteiger partial charge in [0.25, 0.3) is 0 Å². The molecule has 28 heavy (non-hydrogen) atoms. The quantitative estimate of drug-likeness (QED) is 0.638.